The molecule has 0 fully saturated rings. The fourth-order valence-corrected chi connectivity index (χ4v) is 2.67. The van der Waals surface area contributed by atoms with Crippen LogP contribution in [0.5, 0.6) is 0 Å². The Balaban J connectivity index is 1.89. The molecule has 0 radical (unpaired) electrons. The van der Waals surface area contributed by atoms with Gasteiger partial charge in [-0.05, 0) is 45.4 Å². The van der Waals surface area contributed by atoms with Crippen molar-refractivity contribution in [2.45, 2.75) is 45.8 Å². The molecule has 0 amide bonds. The van der Waals surface area contributed by atoms with Gasteiger partial charge in [0.05, 0.1) is 6.26 Å². The van der Waals surface area contributed by atoms with Gasteiger partial charge in [-0.2, -0.15) is 0 Å². The minimum Gasteiger partial charge on any atom is -0.467 e. The van der Waals surface area contributed by atoms with Gasteiger partial charge in [-0.25, -0.2) is 4.99 Å². The average Bonchev–Trinajstić information content (AvgIpc) is 3.11. The van der Waals surface area contributed by atoms with Crippen LogP contribution in [-0.4, -0.2) is 24.6 Å². The van der Waals surface area contributed by atoms with Gasteiger partial charge in [0.25, 0.3) is 0 Å². The Bertz CT molecular complexity index is 635. The van der Waals surface area contributed by atoms with Gasteiger partial charge in [0.2, 0.25) is 0 Å². The van der Waals surface area contributed by atoms with Crippen LogP contribution < -0.4 is 16.0 Å². The van der Waals surface area contributed by atoms with Gasteiger partial charge in [0.15, 0.2) is 5.96 Å². The maximum Gasteiger partial charge on any atom is 0.191 e. The molecule has 5 nitrogen and oxygen atoms in total. The first-order valence-electron chi connectivity index (χ1n) is 8.87. The lowest BCUT2D eigenvalue weighted by Crippen LogP contribution is -2.52. The largest absolute Gasteiger partial charge is 0.467 e. The molecule has 0 aliphatic carbocycles. The van der Waals surface area contributed by atoms with Crippen LogP contribution in [0, 0.1) is 0 Å². The molecule has 2 aromatic rings. The Labute approximate surface area is 150 Å². The highest BCUT2D eigenvalue weighted by Gasteiger charge is 2.21. The van der Waals surface area contributed by atoms with Crippen molar-refractivity contribution < 1.29 is 4.42 Å². The van der Waals surface area contributed by atoms with Gasteiger partial charge >= 0.3 is 0 Å². The molecule has 2 rings (SSSR count). The summed E-state index contributed by atoms with van der Waals surface area (Å²) in [4.78, 5) is 4.57. The van der Waals surface area contributed by atoms with E-state index in [-0.39, 0.29) is 11.6 Å². The zero-order valence-corrected chi connectivity index (χ0v) is 15.7. The number of guanidine groups is 1. The van der Waals surface area contributed by atoms with E-state index in [0.717, 1.165) is 24.8 Å². The van der Waals surface area contributed by atoms with Crippen molar-refractivity contribution in [1.29, 1.82) is 0 Å². The van der Waals surface area contributed by atoms with E-state index in [9.17, 15) is 0 Å². The maximum absolute atomic E-state index is 5.33. The van der Waals surface area contributed by atoms with Crippen molar-refractivity contribution in [1.82, 2.24) is 16.0 Å². The van der Waals surface area contributed by atoms with Gasteiger partial charge in [0, 0.05) is 24.7 Å². The molecule has 5 heteroatoms. The minimum atomic E-state index is -0.0872. The fraction of sp³-hybridized carbons (Fsp3) is 0.450. The summed E-state index contributed by atoms with van der Waals surface area (Å²) in [6.07, 6.45) is 1.67. The number of benzene rings is 1. The Kier molecular flexibility index (Phi) is 7.07. The topological polar surface area (TPSA) is 61.6 Å². The van der Waals surface area contributed by atoms with E-state index in [1.54, 1.807) is 6.26 Å². The lowest BCUT2D eigenvalue weighted by Gasteiger charge is -2.31. The lowest BCUT2D eigenvalue weighted by atomic mass is 10.0. The van der Waals surface area contributed by atoms with Crippen LogP contribution in [0.25, 0.3) is 0 Å². The average molecular weight is 342 g/mol. The van der Waals surface area contributed by atoms with Crippen LogP contribution in [0.15, 0.2) is 58.1 Å². The second kappa shape index (κ2) is 9.28. The van der Waals surface area contributed by atoms with Crippen LogP contribution in [-0.2, 0) is 6.54 Å². The fourth-order valence-electron chi connectivity index (χ4n) is 2.67. The summed E-state index contributed by atoms with van der Waals surface area (Å²) >= 11 is 0. The number of nitrogens with one attached hydrogen (secondary N) is 3. The predicted octanol–water partition coefficient (Wildman–Crippen LogP) is 3.46. The second-order valence-corrected chi connectivity index (χ2v) is 6.79. The Morgan fingerprint density at radius 3 is 2.52 bits per heavy atom. The normalized spacial score (nSPS) is 13.5. The minimum absolute atomic E-state index is 0.0872. The van der Waals surface area contributed by atoms with Crippen molar-refractivity contribution in [2.24, 2.45) is 4.99 Å². The van der Waals surface area contributed by atoms with Gasteiger partial charge < -0.3 is 20.4 Å². The van der Waals surface area contributed by atoms with E-state index in [2.05, 4.69) is 72.9 Å². The van der Waals surface area contributed by atoms with E-state index in [4.69, 9.17) is 4.42 Å². The molecule has 0 saturated carbocycles. The van der Waals surface area contributed by atoms with Gasteiger partial charge in [-0.3, -0.25) is 0 Å². The molecule has 1 unspecified atom stereocenters. The van der Waals surface area contributed by atoms with Crippen LogP contribution in [0.3, 0.4) is 0 Å². The number of aliphatic imine (C=N–C) groups is 1. The zero-order valence-electron chi connectivity index (χ0n) is 15.7. The Morgan fingerprint density at radius 1 is 1.12 bits per heavy atom. The molecule has 1 aromatic heterocycles. The Hall–Kier alpha value is -2.27. The van der Waals surface area contributed by atoms with Crippen LogP contribution in [0.4, 0.5) is 0 Å². The monoisotopic (exact) mass is 342 g/mol. The van der Waals surface area contributed by atoms with E-state index >= 15 is 0 Å². The summed E-state index contributed by atoms with van der Waals surface area (Å²) in [6.45, 7) is 10.7. The first-order valence-corrected chi connectivity index (χ1v) is 8.87. The molecule has 1 heterocycles. The summed E-state index contributed by atoms with van der Waals surface area (Å²) in [5, 5.41) is 10.4. The highest BCUT2D eigenvalue weighted by Crippen LogP contribution is 2.15. The number of rotatable bonds is 8. The molecular weight excluding hydrogens is 312 g/mol. The summed E-state index contributed by atoms with van der Waals surface area (Å²) in [5.41, 5.74) is 1.20. The first-order chi connectivity index (χ1) is 12.0. The SMILES string of the molecule is CCNC(=NCc1ccco1)NCC(C)(C)NC(C)c1ccccc1. The molecule has 25 heavy (non-hydrogen) atoms. The summed E-state index contributed by atoms with van der Waals surface area (Å²) in [6, 6.07) is 14.6. The second-order valence-electron chi connectivity index (χ2n) is 6.79. The van der Waals surface area contributed by atoms with E-state index in [1.165, 1.54) is 5.56 Å². The molecule has 0 bridgehead atoms. The molecule has 0 aliphatic rings. The number of hydrogen-bond acceptors (Lipinski definition) is 3. The first kappa shape index (κ1) is 19.1. The summed E-state index contributed by atoms with van der Waals surface area (Å²) in [5.74, 6) is 1.65. The molecule has 1 aromatic carbocycles. The maximum atomic E-state index is 5.33. The van der Waals surface area contributed by atoms with Crippen molar-refractivity contribution in [3.63, 3.8) is 0 Å². The number of furan rings is 1. The van der Waals surface area contributed by atoms with Crippen LogP contribution in [0.2, 0.25) is 0 Å². The smallest absolute Gasteiger partial charge is 0.191 e. The van der Waals surface area contributed by atoms with Crippen molar-refractivity contribution in [2.75, 3.05) is 13.1 Å². The van der Waals surface area contributed by atoms with E-state index in [1.807, 2.05) is 18.2 Å². The van der Waals surface area contributed by atoms with Crippen molar-refractivity contribution in [3.05, 3.63) is 60.1 Å². The van der Waals surface area contributed by atoms with Crippen LogP contribution >= 0.6 is 0 Å². The van der Waals surface area contributed by atoms with Gasteiger partial charge in [-0.15, -0.1) is 0 Å². The van der Waals surface area contributed by atoms with E-state index in [0.29, 0.717) is 6.54 Å². The highest BCUT2D eigenvalue weighted by atomic mass is 16.3. The standard InChI is InChI=1S/C20H30N4O/c1-5-21-19(22-14-18-12-9-13-25-18)23-15-20(3,4)24-16(2)17-10-7-6-8-11-17/h6-13,16,24H,5,14-15H2,1-4H3,(H2,21,22,23). The Morgan fingerprint density at radius 2 is 1.88 bits per heavy atom. The third-order valence-corrected chi connectivity index (χ3v) is 3.92. The molecule has 0 aliphatic heterocycles. The number of nitrogens with zero attached hydrogens (tertiary/aromatic N) is 1. The molecule has 136 valence electrons. The van der Waals surface area contributed by atoms with Gasteiger partial charge in [0.1, 0.15) is 12.3 Å². The van der Waals surface area contributed by atoms with Gasteiger partial charge in [-0.1, -0.05) is 30.3 Å². The van der Waals surface area contributed by atoms with Crippen molar-refractivity contribution in [3.8, 4) is 0 Å². The van der Waals surface area contributed by atoms with Crippen LogP contribution in [0.1, 0.15) is 45.1 Å². The third-order valence-electron chi connectivity index (χ3n) is 3.92. The molecule has 0 saturated heterocycles. The molecule has 1 atom stereocenters. The summed E-state index contributed by atoms with van der Waals surface area (Å²) < 4.78 is 5.33. The molecular formula is C20H30N4O. The quantitative estimate of drug-likeness (QED) is 0.508. The zero-order chi connectivity index (χ0) is 18.1. The predicted molar refractivity (Wildman–Crippen MR) is 104 cm³/mol. The molecule has 0 spiro atoms. The highest BCUT2D eigenvalue weighted by molar-refractivity contribution is 5.79. The summed E-state index contributed by atoms with van der Waals surface area (Å²) in [7, 11) is 0. The van der Waals surface area contributed by atoms with E-state index < -0.39 is 0 Å². The number of hydrogen-bond donors (Lipinski definition) is 3. The lowest BCUT2D eigenvalue weighted by molar-refractivity contribution is 0.344. The van der Waals surface area contributed by atoms with Crippen molar-refractivity contribution >= 4 is 5.96 Å². The third kappa shape index (κ3) is 6.63. The molecule has 3 N–H and O–H groups in total.